The maximum absolute atomic E-state index is 12.9. The molecule has 0 N–H and O–H groups in total. The molecule has 1 fully saturated rings. The van der Waals surface area contributed by atoms with Crippen molar-refractivity contribution in [3.05, 3.63) is 23.8 Å². The van der Waals surface area contributed by atoms with E-state index in [0.717, 1.165) is 12.8 Å². The molecule has 1 aromatic rings. The number of nitrogens with zero attached hydrogens (tertiary/aromatic N) is 2. The van der Waals surface area contributed by atoms with Gasteiger partial charge in [0.2, 0.25) is 0 Å². The van der Waals surface area contributed by atoms with Crippen molar-refractivity contribution >= 4 is 17.5 Å². The summed E-state index contributed by atoms with van der Waals surface area (Å²) in [5.74, 6) is 0.587. The molecule has 22 heavy (non-hydrogen) atoms. The molecule has 1 saturated heterocycles. The molecule has 2 atom stereocenters. The molecule has 5 nitrogen and oxygen atoms in total. The number of benzene rings is 1. The number of likely N-dealkylation sites (tertiary alicyclic amines) is 1. The highest BCUT2D eigenvalue weighted by Crippen LogP contribution is 2.33. The highest BCUT2D eigenvalue weighted by molar-refractivity contribution is 6.01. The molecule has 5 heteroatoms. The molecule has 2 aliphatic heterocycles. The van der Waals surface area contributed by atoms with Crippen molar-refractivity contribution in [1.82, 2.24) is 4.90 Å². The fourth-order valence-electron chi connectivity index (χ4n) is 3.38. The predicted octanol–water partition coefficient (Wildman–Crippen LogP) is 2.44. The Kier molecular flexibility index (Phi) is 3.81. The van der Waals surface area contributed by atoms with Crippen molar-refractivity contribution in [1.29, 1.82) is 0 Å². The van der Waals surface area contributed by atoms with Crippen LogP contribution in [0.5, 0.6) is 5.75 Å². The monoisotopic (exact) mass is 302 g/mol. The standard InChI is InChI=1S/C17H22N2O3/c1-11-5-4-6-12(2)19(11)17(21)13-7-8-15-14(9-13)18(3)16(20)10-22-15/h7-9,11-12H,4-6,10H2,1-3H3. The Labute approximate surface area is 130 Å². The zero-order valence-electron chi connectivity index (χ0n) is 13.3. The first-order valence-corrected chi connectivity index (χ1v) is 7.85. The predicted molar refractivity (Wildman–Crippen MR) is 84.3 cm³/mol. The van der Waals surface area contributed by atoms with Gasteiger partial charge in [0.1, 0.15) is 5.75 Å². The highest BCUT2D eigenvalue weighted by Gasteiger charge is 2.31. The van der Waals surface area contributed by atoms with Crippen LogP contribution in [0.1, 0.15) is 43.5 Å². The first kappa shape index (κ1) is 14.9. The molecule has 2 heterocycles. The van der Waals surface area contributed by atoms with E-state index in [4.69, 9.17) is 4.74 Å². The number of fused-ring (bicyclic) bond motifs is 1. The molecule has 3 rings (SSSR count). The van der Waals surface area contributed by atoms with Gasteiger partial charge in [0, 0.05) is 24.7 Å². The van der Waals surface area contributed by atoms with Crippen molar-refractivity contribution in [2.24, 2.45) is 0 Å². The Morgan fingerprint density at radius 1 is 1.23 bits per heavy atom. The minimum Gasteiger partial charge on any atom is -0.482 e. The fraction of sp³-hybridized carbons (Fsp3) is 0.529. The van der Waals surface area contributed by atoms with Gasteiger partial charge in [-0.15, -0.1) is 0 Å². The number of hydrogen-bond acceptors (Lipinski definition) is 3. The van der Waals surface area contributed by atoms with Crippen molar-refractivity contribution in [3.8, 4) is 5.75 Å². The lowest BCUT2D eigenvalue weighted by molar-refractivity contribution is -0.120. The lowest BCUT2D eigenvalue weighted by atomic mass is 9.96. The minimum atomic E-state index is -0.100. The molecule has 0 saturated carbocycles. The Hall–Kier alpha value is -2.04. The van der Waals surface area contributed by atoms with E-state index >= 15 is 0 Å². The Morgan fingerprint density at radius 3 is 2.59 bits per heavy atom. The first-order chi connectivity index (χ1) is 10.5. The number of carbonyl (C=O) groups excluding carboxylic acids is 2. The Morgan fingerprint density at radius 2 is 1.91 bits per heavy atom. The van der Waals surface area contributed by atoms with Crippen LogP contribution in [0.3, 0.4) is 0 Å². The van der Waals surface area contributed by atoms with E-state index in [1.54, 1.807) is 30.1 Å². The number of rotatable bonds is 1. The second kappa shape index (κ2) is 5.63. The smallest absolute Gasteiger partial charge is 0.264 e. The van der Waals surface area contributed by atoms with Crippen LogP contribution in [0.25, 0.3) is 0 Å². The largest absolute Gasteiger partial charge is 0.482 e. The van der Waals surface area contributed by atoms with Gasteiger partial charge in [-0.1, -0.05) is 0 Å². The fourth-order valence-corrected chi connectivity index (χ4v) is 3.38. The van der Waals surface area contributed by atoms with Crippen LogP contribution in [-0.2, 0) is 4.79 Å². The van der Waals surface area contributed by atoms with Crippen molar-refractivity contribution in [3.63, 3.8) is 0 Å². The second-order valence-electron chi connectivity index (χ2n) is 6.27. The van der Waals surface area contributed by atoms with Gasteiger partial charge >= 0.3 is 0 Å². The topological polar surface area (TPSA) is 49.9 Å². The van der Waals surface area contributed by atoms with E-state index in [-0.39, 0.29) is 30.5 Å². The molecular weight excluding hydrogens is 280 g/mol. The van der Waals surface area contributed by atoms with Gasteiger partial charge in [0.05, 0.1) is 5.69 Å². The van der Waals surface area contributed by atoms with E-state index in [0.29, 0.717) is 17.0 Å². The second-order valence-corrected chi connectivity index (χ2v) is 6.27. The van der Waals surface area contributed by atoms with Crippen molar-refractivity contribution in [2.75, 3.05) is 18.6 Å². The molecule has 0 spiro atoms. The third kappa shape index (κ3) is 2.45. The van der Waals surface area contributed by atoms with Gasteiger partial charge in [-0.25, -0.2) is 0 Å². The molecular formula is C17H22N2O3. The van der Waals surface area contributed by atoms with E-state index in [1.165, 1.54) is 6.42 Å². The molecule has 118 valence electrons. The van der Waals surface area contributed by atoms with Gasteiger partial charge in [-0.05, 0) is 51.3 Å². The average molecular weight is 302 g/mol. The Balaban J connectivity index is 1.92. The third-order valence-corrected chi connectivity index (χ3v) is 4.72. The van der Waals surface area contributed by atoms with E-state index in [9.17, 15) is 9.59 Å². The number of anilines is 1. The van der Waals surface area contributed by atoms with E-state index < -0.39 is 0 Å². The Bertz CT molecular complexity index is 604. The summed E-state index contributed by atoms with van der Waals surface area (Å²) in [5.41, 5.74) is 1.28. The van der Waals surface area contributed by atoms with E-state index in [1.807, 2.05) is 4.90 Å². The zero-order valence-corrected chi connectivity index (χ0v) is 13.3. The van der Waals surface area contributed by atoms with Crippen LogP contribution >= 0.6 is 0 Å². The number of piperidine rings is 1. The molecule has 0 aromatic heterocycles. The van der Waals surface area contributed by atoms with Gasteiger partial charge in [0.15, 0.2) is 6.61 Å². The molecule has 2 aliphatic rings. The summed E-state index contributed by atoms with van der Waals surface area (Å²) in [6.45, 7) is 4.26. The summed E-state index contributed by atoms with van der Waals surface area (Å²) in [6, 6.07) is 5.85. The first-order valence-electron chi connectivity index (χ1n) is 7.85. The van der Waals surface area contributed by atoms with Crippen LogP contribution in [0.4, 0.5) is 5.69 Å². The minimum absolute atomic E-state index is 0.0360. The van der Waals surface area contributed by atoms with Crippen LogP contribution in [0.15, 0.2) is 18.2 Å². The van der Waals surface area contributed by atoms with Crippen molar-refractivity contribution in [2.45, 2.75) is 45.2 Å². The van der Waals surface area contributed by atoms with Crippen LogP contribution in [-0.4, -0.2) is 42.5 Å². The SMILES string of the molecule is CC1CCCC(C)N1C(=O)c1ccc2c(c1)N(C)C(=O)CO2. The number of ether oxygens (including phenoxy) is 1. The summed E-state index contributed by atoms with van der Waals surface area (Å²) in [4.78, 5) is 28.1. The van der Waals surface area contributed by atoms with Crippen LogP contribution in [0.2, 0.25) is 0 Å². The van der Waals surface area contributed by atoms with Gasteiger partial charge in [0.25, 0.3) is 11.8 Å². The maximum atomic E-state index is 12.9. The summed E-state index contributed by atoms with van der Waals surface area (Å²) in [7, 11) is 1.71. The molecule has 0 aliphatic carbocycles. The van der Waals surface area contributed by atoms with Gasteiger partial charge in [-0.3, -0.25) is 9.59 Å². The highest BCUT2D eigenvalue weighted by atomic mass is 16.5. The lowest BCUT2D eigenvalue weighted by Gasteiger charge is -2.39. The molecule has 0 radical (unpaired) electrons. The summed E-state index contributed by atoms with van der Waals surface area (Å²) >= 11 is 0. The third-order valence-electron chi connectivity index (χ3n) is 4.72. The summed E-state index contributed by atoms with van der Waals surface area (Å²) < 4.78 is 5.41. The van der Waals surface area contributed by atoms with Gasteiger partial charge < -0.3 is 14.5 Å². The van der Waals surface area contributed by atoms with E-state index in [2.05, 4.69) is 13.8 Å². The number of hydrogen-bond donors (Lipinski definition) is 0. The average Bonchev–Trinajstić information content (AvgIpc) is 2.50. The number of amides is 2. The van der Waals surface area contributed by atoms with Crippen LogP contribution in [0, 0.1) is 0 Å². The van der Waals surface area contributed by atoms with Crippen LogP contribution < -0.4 is 9.64 Å². The molecule has 2 amide bonds. The molecule has 2 unspecified atom stereocenters. The molecule has 0 bridgehead atoms. The molecule has 1 aromatic carbocycles. The normalized spacial score (nSPS) is 24.8. The summed E-state index contributed by atoms with van der Waals surface area (Å²) in [5, 5.41) is 0. The van der Waals surface area contributed by atoms with Gasteiger partial charge in [-0.2, -0.15) is 0 Å². The lowest BCUT2D eigenvalue weighted by Crippen LogP contribution is -2.47. The maximum Gasteiger partial charge on any atom is 0.264 e. The van der Waals surface area contributed by atoms with Crippen molar-refractivity contribution < 1.29 is 14.3 Å². The quantitative estimate of drug-likeness (QED) is 0.800. The number of likely N-dealkylation sites (N-methyl/N-ethyl adjacent to an activating group) is 1. The zero-order chi connectivity index (χ0) is 15.9. The number of carbonyl (C=O) groups is 2. The summed E-state index contributed by atoms with van der Waals surface area (Å²) in [6.07, 6.45) is 3.26.